The van der Waals surface area contributed by atoms with Gasteiger partial charge in [0.15, 0.2) is 5.60 Å². The van der Waals surface area contributed by atoms with Crippen LogP contribution in [-0.2, 0) is 4.79 Å². The Morgan fingerprint density at radius 3 is 2.27 bits per heavy atom. The third kappa shape index (κ3) is 1.25. The van der Waals surface area contributed by atoms with Gasteiger partial charge in [0.1, 0.15) is 0 Å². The minimum Gasteiger partial charge on any atom is -0.479 e. The van der Waals surface area contributed by atoms with Gasteiger partial charge < -0.3 is 10.2 Å². The molecule has 1 saturated carbocycles. The van der Waals surface area contributed by atoms with Crippen molar-refractivity contribution in [1.29, 1.82) is 0 Å². The van der Waals surface area contributed by atoms with Crippen molar-refractivity contribution in [2.45, 2.75) is 38.2 Å². The average Bonchev–Trinajstić information content (AvgIpc) is 1.83. The maximum Gasteiger partial charge on any atom is 0.335 e. The van der Waals surface area contributed by atoms with Crippen LogP contribution in [0.15, 0.2) is 0 Å². The van der Waals surface area contributed by atoms with Crippen LogP contribution in [0.25, 0.3) is 0 Å². The van der Waals surface area contributed by atoms with Gasteiger partial charge in [-0.25, -0.2) is 4.79 Å². The fraction of sp³-hybridized carbons (Fsp3) is 0.875. The fourth-order valence-corrected chi connectivity index (χ4v) is 1.50. The molecule has 64 valence electrons. The van der Waals surface area contributed by atoms with Gasteiger partial charge in [-0.1, -0.05) is 13.3 Å². The van der Waals surface area contributed by atoms with Gasteiger partial charge in [-0.3, -0.25) is 0 Å². The molecule has 0 spiro atoms. The molecule has 0 aromatic carbocycles. The lowest BCUT2D eigenvalue weighted by atomic mass is 9.71. The predicted octanol–water partition coefficient (Wildman–Crippen LogP) is 1.01. The second-order valence-corrected chi connectivity index (χ2v) is 3.21. The fourth-order valence-electron chi connectivity index (χ4n) is 1.50. The zero-order chi connectivity index (χ0) is 8.48. The second kappa shape index (κ2) is 2.81. The van der Waals surface area contributed by atoms with Crippen molar-refractivity contribution >= 4 is 5.97 Å². The van der Waals surface area contributed by atoms with Crippen LogP contribution in [0.2, 0.25) is 0 Å². The number of hydrogen-bond donors (Lipinski definition) is 2. The number of carbonyl (C=O) groups is 1. The normalized spacial score (nSPS) is 23.8. The molecule has 1 unspecified atom stereocenters. The highest BCUT2D eigenvalue weighted by Crippen LogP contribution is 2.38. The molecule has 0 aromatic rings. The van der Waals surface area contributed by atoms with E-state index in [1.807, 2.05) is 0 Å². The van der Waals surface area contributed by atoms with Gasteiger partial charge in [-0.2, -0.15) is 0 Å². The summed E-state index contributed by atoms with van der Waals surface area (Å²) in [6, 6.07) is 0. The zero-order valence-electron chi connectivity index (χ0n) is 6.71. The number of carboxylic acids is 1. The van der Waals surface area contributed by atoms with Gasteiger partial charge in [0.25, 0.3) is 0 Å². The molecule has 1 aliphatic rings. The molecule has 0 saturated heterocycles. The Morgan fingerprint density at radius 1 is 1.64 bits per heavy atom. The van der Waals surface area contributed by atoms with Crippen molar-refractivity contribution in [3.8, 4) is 0 Å². The molecule has 11 heavy (non-hydrogen) atoms. The van der Waals surface area contributed by atoms with E-state index < -0.39 is 11.6 Å². The van der Waals surface area contributed by atoms with Crippen molar-refractivity contribution in [3.05, 3.63) is 0 Å². The molecule has 0 heterocycles. The van der Waals surface area contributed by atoms with Gasteiger partial charge in [0.2, 0.25) is 0 Å². The Labute approximate surface area is 66.0 Å². The van der Waals surface area contributed by atoms with Crippen molar-refractivity contribution in [2.75, 3.05) is 0 Å². The van der Waals surface area contributed by atoms with Gasteiger partial charge in [0, 0.05) is 0 Å². The van der Waals surface area contributed by atoms with E-state index in [0.717, 1.165) is 19.3 Å². The van der Waals surface area contributed by atoms with Crippen LogP contribution in [0, 0.1) is 5.92 Å². The molecule has 1 aliphatic carbocycles. The smallest absolute Gasteiger partial charge is 0.335 e. The average molecular weight is 158 g/mol. The minimum absolute atomic E-state index is 0.00926. The first-order valence-corrected chi connectivity index (χ1v) is 4.07. The van der Waals surface area contributed by atoms with Crippen molar-refractivity contribution < 1.29 is 15.0 Å². The number of carboxylic acid groups (broad SMARTS) is 1. The summed E-state index contributed by atoms with van der Waals surface area (Å²) in [5.74, 6) is -1.07. The number of hydrogen-bond acceptors (Lipinski definition) is 2. The Balaban J connectivity index is 2.65. The molecular weight excluding hydrogens is 144 g/mol. The predicted molar refractivity (Wildman–Crippen MR) is 40.2 cm³/mol. The topological polar surface area (TPSA) is 57.5 Å². The Hall–Kier alpha value is -0.570. The first-order valence-electron chi connectivity index (χ1n) is 4.07. The van der Waals surface area contributed by atoms with Crippen LogP contribution < -0.4 is 0 Å². The molecule has 3 nitrogen and oxygen atoms in total. The number of aliphatic carboxylic acids is 1. The molecular formula is C8H14O3. The third-order valence-electron chi connectivity index (χ3n) is 2.69. The van der Waals surface area contributed by atoms with Crippen LogP contribution in [-0.4, -0.2) is 21.8 Å². The van der Waals surface area contributed by atoms with Crippen LogP contribution >= 0.6 is 0 Å². The maximum atomic E-state index is 10.6. The SMILES string of the molecule is CCC(O)(C(=O)O)C1CCC1. The van der Waals surface area contributed by atoms with E-state index in [1.165, 1.54) is 0 Å². The molecule has 1 fully saturated rings. The van der Waals surface area contributed by atoms with Crippen LogP contribution in [0.3, 0.4) is 0 Å². The number of aliphatic hydroxyl groups is 1. The highest BCUT2D eigenvalue weighted by molar-refractivity contribution is 5.77. The van der Waals surface area contributed by atoms with E-state index in [-0.39, 0.29) is 5.92 Å². The summed E-state index contributed by atoms with van der Waals surface area (Å²) in [6.07, 6.45) is 3.08. The highest BCUT2D eigenvalue weighted by atomic mass is 16.4. The summed E-state index contributed by atoms with van der Waals surface area (Å²) >= 11 is 0. The molecule has 0 bridgehead atoms. The summed E-state index contributed by atoms with van der Waals surface area (Å²) in [5, 5.41) is 18.3. The van der Waals surface area contributed by atoms with E-state index >= 15 is 0 Å². The van der Waals surface area contributed by atoms with Crippen molar-refractivity contribution in [2.24, 2.45) is 5.92 Å². The van der Waals surface area contributed by atoms with E-state index in [0.29, 0.717) is 6.42 Å². The van der Waals surface area contributed by atoms with E-state index in [9.17, 15) is 9.90 Å². The summed E-state index contributed by atoms with van der Waals surface area (Å²) in [4.78, 5) is 10.6. The van der Waals surface area contributed by atoms with Gasteiger partial charge in [-0.05, 0) is 25.2 Å². The van der Waals surface area contributed by atoms with Crippen molar-refractivity contribution in [3.63, 3.8) is 0 Å². The maximum absolute atomic E-state index is 10.6. The molecule has 1 rings (SSSR count). The molecule has 3 heteroatoms. The lowest BCUT2D eigenvalue weighted by molar-refractivity contribution is -0.169. The molecule has 0 radical (unpaired) electrons. The highest BCUT2D eigenvalue weighted by Gasteiger charge is 2.44. The lowest BCUT2D eigenvalue weighted by Gasteiger charge is -2.37. The first-order chi connectivity index (χ1) is 5.11. The lowest BCUT2D eigenvalue weighted by Crippen LogP contribution is -2.48. The van der Waals surface area contributed by atoms with Crippen LogP contribution in [0.4, 0.5) is 0 Å². The Kier molecular flexibility index (Phi) is 2.18. The van der Waals surface area contributed by atoms with Crippen LogP contribution in [0.5, 0.6) is 0 Å². The minimum atomic E-state index is -1.45. The summed E-state index contributed by atoms with van der Waals surface area (Å²) in [5.41, 5.74) is -1.45. The zero-order valence-corrected chi connectivity index (χ0v) is 6.71. The first kappa shape index (κ1) is 8.53. The quantitative estimate of drug-likeness (QED) is 0.644. The summed E-state index contributed by atoms with van der Waals surface area (Å²) in [7, 11) is 0. The van der Waals surface area contributed by atoms with E-state index in [4.69, 9.17) is 5.11 Å². The number of rotatable bonds is 3. The van der Waals surface area contributed by atoms with Crippen molar-refractivity contribution in [1.82, 2.24) is 0 Å². The van der Waals surface area contributed by atoms with E-state index in [2.05, 4.69) is 0 Å². The Morgan fingerprint density at radius 2 is 2.18 bits per heavy atom. The van der Waals surface area contributed by atoms with Gasteiger partial charge >= 0.3 is 5.97 Å². The van der Waals surface area contributed by atoms with Gasteiger partial charge in [0.05, 0.1) is 0 Å². The second-order valence-electron chi connectivity index (χ2n) is 3.21. The molecule has 1 atom stereocenters. The molecule has 0 amide bonds. The largest absolute Gasteiger partial charge is 0.479 e. The molecule has 2 N–H and O–H groups in total. The van der Waals surface area contributed by atoms with Crippen LogP contribution in [0.1, 0.15) is 32.6 Å². The van der Waals surface area contributed by atoms with Gasteiger partial charge in [-0.15, -0.1) is 0 Å². The summed E-state index contributed by atoms with van der Waals surface area (Å²) < 4.78 is 0. The molecule has 0 aliphatic heterocycles. The standard InChI is InChI=1S/C8H14O3/c1-2-8(11,7(9)10)6-4-3-5-6/h6,11H,2-5H2,1H3,(H,9,10). The molecule has 0 aromatic heterocycles. The monoisotopic (exact) mass is 158 g/mol. The third-order valence-corrected chi connectivity index (χ3v) is 2.69. The Bertz CT molecular complexity index is 163. The summed E-state index contributed by atoms with van der Waals surface area (Å²) in [6.45, 7) is 1.71. The van der Waals surface area contributed by atoms with E-state index in [1.54, 1.807) is 6.92 Å².